The van der Waals surface area contributed by atoms with Crippen molar-refractivity contribution < 1.29 is 18.6 Å². The van der Waals surface area contributed by atoms with Crippen molar-refractivity contribution in [3.05, 3.63) is 5.92 Å². The molecule has 1 unspecified atom stereocenters. The molecule has 0 saturated heterocycles. The Bertz CT molecular complexity index is 105. The van der Waals surface area contributed by atoms with Gasteiger partial charge in [-0.3, -0.25) is 4.40 Å². The molecule has 1 aliphatic heterocycles. The summed E-state index contributed by atoms with van der Waals surface area (Å²) in [6, 6.07) is 0. The van der Waals surface area contributed by atoms with Crippen molar-refractivity contribution >= 4 is 18.2 Å². The number of nitrogens with zero attached hydrogens (tertiary/aromatic N) is 1. The normalized spacial score (nSPS) is 25.6. The quantitative estimate of drug-likeness (QED) is 0.409. The van der Waals surface area contributed by atoms with Gasteiger partial charge in [0.05, 0.1) is 0 Å². The monoisotopic (exact) mass is 179 g/mol. The molecule has 0 spiro atoms. The van der Waals surface area contributed by atoms with Crippen LogP contribution >= 0.6 is 11.9 Å². The molecule has 1 radical (unpaired) electrons. The van der Waals surface area contributed by atoms with Gasteiger partial charge in [0.1, 0.15) is 0 Å². The Kier molecular flexibility index (Phi) is 4.54. The molecule has 1 atom stereocenters. The van der Waals surface area contributed by atoms with Crippen LogP contribution in [0.3, 0.4) is 0 Å². The zero-order valence-electron chi connectivity index (χ0n) is 5.66. The molecule has 0 N–H and O–H groups in total. The van der Waals surface area contributed by atoms with Crippen molar-refractivity contribution in [3.8, 4) is 0 Å². The Morgan fingerprint density at radius 2 is 2.44 bits per heavy atom. The van der Waals surface area contributed by atoms with Gasteiger partial charge in [0.15, 0.2) is 0 Å². The summed E-state index contributed by atoms with van der Waals surface area (Å²) < 4.78 is 4.09. The van der Waals surface area contributed by atoms with Gasteiger partial charge in [-0.15, -0.1) is 12.6 Å². The van der Waals surface area contributed by atoms with E-state index in [2.05, 4.69) is 18.2 Å². The molecule has 0 bridgehead atoms. The van der Waals surface area contributed by atoms with Crippen LogP contribution in [-0.4, -0.2) is 11.5 Å². The van der Waals surface area contributed by atoms with E-state index in [4.69, 9.17) is 0 Å². The van der Waals surface area contributed by atoms with Gasteiger partial charge in [0.25, 0.3) is 0 Å². The third-order valence-electron chi connectivity index (χ3n) is 1.12. The van der Waals surface area contributed by atoms with E-state index >= 15 is 0 Å². The molecular weight excluding hydrogens is 169 g/mol. The summed E-state index contributed by atoms with van der Waals surface area (Å²) in [7, 11) is 0. The third kappa shape index (κ3) is 3.24. The molecule has 0 saturated carbocycles. The fourth-order valence-electron chi connectivity index (χ4n) is 0.768. The number of hydrogen-bond acceptors (Lipinski definition) is 2. The Morgan fingerprint density at radius 1 is 1.78 bits per heavy atom. The van der Waals surface area contributed by atoms with Crippen molar-refractivity contribution in [1.29, 1.82) is 0 Å². The van der Waals surface area contributed by atoms with Crippen LogP contribution in [0.25, 0.3) is 0 Å². The van der Waals surface area contributed by atoms with Gasteiger partial charge in [-0.25, -0.2) is 0 Å². The third-order valence-corrected chi connectivity index (χ3v) is 1.88. The predicted molar refractivity (Wildman–Crippen MR) is 39.1 cm³/mol. The minimum Gasteiger partial charge on any atom is -0.336 e. The van der Waals surface area contributed by atoms with Gasteiger partial charge in [-0.05, 0) is 17.2 Å². The number of hydrogen-bond donors (Lipinski definition) is 0. The first-order valence-electron chi connectivity index (χ1n) is 2.80. The second-order valence-corrected chi connectivity index (χ2v) is 3.43. The maximum Gasteiger partial charge on any atom is 0 e. The Hall–Kier alpha value is 0.474. The molecular formula is C6H10NSV-. The minimum absolute atomic E-state index is 0. The summed E-state index contributed by atoms with van der Waals surface area (Å²) in [4.78, 5) is 0. The van der Waals surface area contributed by atoms with Gasteiger partial charge in [0.2, 0.25) is 0 Å². The summed E-state index contributed by atoms with van der Waals surface area (Å²) >= 11 is 1.67. The van der Waals surface area contributed by atoms with Crippen LogP contribution in [0, 0.1) is 5.92 Å². The van der Waals surface area contributed by atoms with Crippen molar-refractivity contribution in [2.45, 2.75) is 25.5 Å². The van der Waals surface area contributed by atoms with E-state index in [1.807, 2.05) is 6.21 Å². The first-order valence-corrected chi connectivity index (χ1v) is 3.64. The Morgan fingerprint density at radius 3 is 2.78 bits per heavy atom. The van der Waals surface area contributed by atoms with E-state index in [0.717, 1.165) is 0 Å². The van der Waals surface area contributed by atoms with Crippen molar-refractivity contribution in [3.63, 3.8) is 0 Å². The zero-order chi connectivity index (χ0) is 5.98. The molecule has 0 fully saturated rings. The summed E-state index contributed by atoms with van der Waals surface area (Å²) in [6.07, 6.45) is 3.15. The molecule has 0 aromatic rings. The van der Waals surface area contributed by atoms with Crippen LogP contribution in [-0.2, 0) is 18.6 Å². The largest absolute Gasteiger partial charge is 0.336 e. The van der Waals surface area contributed by atoms with E-state index in [-0.39, 0.29) is 18.6 Å². The van der Waals surface area contributed by atoms with Crippen LogP contribution in [0.4, 0.5) is 0 Å². The summed E-state index contributed by atoms with van der Waals surface area (Å²) in [5.41, 5.74) is 0. The fraction of sp³-hybridized carbons (Fsp3) is 0.667. The second kappa shape index (κ2) is 4.32. The van der Waals surface area contributed by atoms with E-state index < -0.39 is 0 Å². The second-order valence-electron chi connectivity index (χ2n) is 2.20. The fourth-order valence-corrected chi connectivity index (χ4v) is 1.55. The van der Waals surface area contributed by atoms with Crippen LogP contribution in [0.15, 0.2) is 4.40 Å². The molecule has 1 nitrogen and oxygen atoms in total. The van der Waals surface area contributed by atoms with Gasteiger partial charge in [-0.1, -0.05) is 6.92 Å². The molecule has 0 amide bonds. The molecule has 9 heavy (non-hydrogen) atoms. The number of rotatable bonds is 0. The van der Waals surface area contributed by atoms with Crippen molar-refractivity contribution in [2.75, 3.05) is 0 Å². The molecule has 3 heteroatoms. The average Bonchev–Trinajstić information content (AvgIpc) is 1.64. The van der Waals surface area contributed by atoms with Gasteiger partial charge < -0.3 is 5.92 Å². The molecule has 51 valence electrons. The topological polar surface area (TPSA) is 12.4 Å². The van der Waals surface area contributed by atoms with Crippen LogP contribution in [0.1, 0.15) is 20.3 Å². The van der Waals surface area contributed by atoms with Crippen molar-refractivity contribution in [2.24, 2.45) is 4.40 Å². The summed E-state index contributed by atoms with van der Waals surface area (Å²) in [6.45, 7) is 4.32. The van der Waals surface area contributed by atoms with E-state index in [0.29, 0.717) is 5.25 Å². The first-order chi connectivity index (χ1) is 3.79. The average molecular weight is 179 g/mol. The standard InChI is InChI=1S/C6H10NS.V/c1-5-3-6(2)8-7-4-5;/h4,6H,3H2,1-2H3;/q-1;. The molecule has 0 aromatic carbocycles. The molecule has 1 rings (SSSR count). The van der Waals surface area contributed by atoms with Crippen molar-refractivity contribution in [1.82, 2.24) is 0 Å². The van der Waals surface area contributed by atoms with Crippen LogP contribution < -0.4 is 0 Å². The summed E-state index contributed by atoms with van der Waals surface area (Å²) in [5, 5.41) is 0.694. The maximum atomic E-state index is 4.09. The predicted octanol–water partition coefficient (Wildman–Crippen LogP) is 2.09. The molecule has 1 heterocycles. The first kappa shape index (κ1) is 9.47. The molecule has 1 aliphatic rings. The SMILES string of the molecule is C[C-]1C=NSC(C)C1.[V]. The zero-order valence-corrected chi connectivity index (χ0v) is 7.88. The van der Waals surface area contributed by atoms with Gasteiger partial charge in [-0.2, -0.15) is 6.92 Å². The minimum atomic E-state index is 0. The molecule has 0 aliphatic carbocycles. The Labute approximate surface area is 72.7 Å². The van der Waals surface area contributed by atoms with Gasteiger partial charge >= 0.3 is 0 Å². The smallest absolute Gasteiger partial charge is 0 e. The van der Waals surface area contributed by atoms with E-state index in [1.165, 1.54) is 12.3 Å². The maximum absolute atomic E-state index is 4.09. The summed E-state index contributed by atoms with van der Waals surface area (Å²) in [5.74, 6) is 1.40. The Balaban J connectivity index is 0.000000640. The van der Waals surface area contributed by atoms with Crippen LogP contribution in [0.5, 0.6) is 0 Å². The van der Waals surface area contributed by atoms with E-state index in [9.17, 15) is 0 Å². The molecule has 0 aromatic heterocycles. The van der Waals surface area contributed by atoms with E-state index in [1.54, 1.807) is 11.9 Å². The van der Waals surface area contributed by atoms with Crippen LogP contribution in [0.2, 0.25) is 0 Å². The van der Waals surface area contributed by atoms with Gasteiger partial charge in [0, 0.05) is 18.6 Å².